The quantitative estimate of drug-likeness (QED) is 0.659. The van der Waals surface area contributed by atoms with Gasteiger partial charge in [-0.25, -0.2) is 4.98 Å². The molecule has 1 N–H and O–H groups in total. The summed E-state index contributed by atoms with van der Waals surface area (Å²) in [5.41, 5.74) is 0.858. The first kappa shape index (κ1) is 13.3. The van der Waals surface area contributed by atoms with Crippen LogP contribution in [0.4, 0.5) is 11.5 Å². The summed E-state index contributed by atoms with van der Waals surface area (Å²) in [6, 6.07) is 4.01. The maximum absolute atomic E-state index is 11.0. The molecule has 2 aliphatic rings. The number of aromatic nitrogens is 1. The van der Waals surface area contributed by atoms with Gasteiger partial charge in [-0.1, -0.05) is 0 Å². The molecule has 6 heteroatoms. The lowest BCUT2D eigenvalue weighted by Crippen LogP contribution is -2.25. The standard InChI is InChI=1S/C14H20N4O2/c1-10-2-5-13(18(19)20)14(16-10)15-8-11-6-7-17(9-11)12-3-4-12/h2,5,11-12H,3-4,6-9H2,1H3,(H,15,16). The van der Waals surface area contributed by atoms with E-state index >= 15 is 0 Å². The fourth-order valence-corrected chi connectivity index (χ4v) is 2.87. The first-order valence-electron chi connectivity index (χ1n) is 7.23. The van der Waals surface area contributed by atoms with Crippen molar-refractivity contribution in [1.82, 2.24) is 9.88 Å². The van der Waals surface area contributed by atoms with Crippen LogP contribution in [0.1, 0.15) is 25.0 Å². The fraction of sp³-hybridized carbons (Fsp3) is 0.643. The molecule has 108 valence electrons. The summed E-state index contributed by atoms with van der Waals surface area (Å²) in [5.74, 6) is 0.970. The topological polar surface area (TPSA) is 71.3 Å². The summed E-state index contributed by atoms with van der Waals surface area (Å²) in [4.78, 5) is 17.4. The number of pyridine rings is 1. The number of anilines is 1. The van der Waals surface area contributed by atoms with Crippen molar-refractivity contribution in [3.05, 3.63) is 27.9 Å². The van der Waals surface area contributed by atoms with E-state index in [0.29, 0.717) is 11.7 Å². The third kappa shape index (κ3) is 2.90. The molecule has 1 saturated heterocycles. The van der Waals surface area contributed by atoms with Crippen molar-refractivity contribution in [1.29, 1.82) is 0 Å². The monoisotopic (exact) mass is 276 g/mol. The molecule has 0 bridgehead atoms. The molecular weight excluding hydrogens is 256 g/mol. The van der Waals surface area contributed by atoms with E-state index in [2.05, 4.69) is 15.2 Å². The lowest BCUT2D eigenvalue weighted by molar-refractivity contribution is -0.384. The largest absolute Gasteiger partial charge is 0.364 e. The van der Waals surface area contributed by atoms with Gasteiger partial charge in [0, 0.05) is 30.9 Å². The van der Waals surface area contributed by atoms with Gasteiger partial charge in [-0.05, 0) is 44.7 Å². The van der Waals surface area contributed by atoms with Crippen molar-refractivity contribution >= 4 is 11.5 Å². The Hall–Kier alpha value is -1.69. The highest BCUT2D eigenvalue weighted by Crippen LogP contribution is 2.32. The molecule has 0 radical (unpaired) electrons. The van der Waals surface area contributed by atoms with Crippen molar-refractivity contribution in [3.63, 3.8) is 0 Å². The van der Waals surface area contributed by atoms with Crippen molar-refractivity contribution in [3.8, 4) is 0 Å². The highest BCUT2D eigenvalue weighted by atomic mass is 16.6. The summed E-state index contributed by atoms with van der Waals surface area (Å²) in [6.45, 7) is 4.89. The van der Waals surface area contributed by atoms with E-state index in [0.717, 1.165) is 24.8 Å². The average Bonchev–Trinajstić information content (AvgIpc) is 3.15. The molecule has 6 nitrogen and oxygen atoms in total. The maximum Gasteiger partial charge on any atom is 0.311 e. The molecule has 1 aliphatic heterocycles. The Morgan fingerprint density at radius 1 is 1.45 bits per heavy atom. The SMILES string of the molecule is Cc1ccc([N+](=O)[O-])c(NCC2CCN(C3CC3)C2)n1. The number of hydrogen-bond acceptors (Lipinski definition) is 5. The minimum atomic E-state index is -0.375. The average molecular weight is 276 g/mol. The van der Waals surface area contributed by atoms with Crippen LogP contribution in [0.25, 0.3) is 0 Å². The van der Waals surface area contributed by atoms with Gasteiger partial charge in [-0.15, -0.1) is 0 Å². The van der Waals surface area contributed by atoms with Crippen molar-refractivity contribution in [2.24, 2.45) is 5.92 Å². The van der Waals surface area contributed by atoms with E-state index in [1.165, 1.54) is 31.9 Å². The number of nitrogens with zero attached hydrogens (tertiary/aromatic N) is 3. The fourth-order valence-electron chi connectivity index (χ4n) is 2.87. The summed E-state index contributed by atoms with van der Waals surface area (Å²) in [5, 5.41) is 14.2. The minimum Gasteiger partial charge on any atom is -0.364 e. The van der Waals surface area contributed by atoms with Crippen LogP contribution in [-0.2, 0) is 0 Å². The number of nitrogens with one attached hydrogen (secondary N) is 1. The zero-order valence-electron chi connectivity index (χ0n) is 11.7. The second-order valence-corrected chi connectivity index (χ2v) is 5.84. The van der Waals surface area contributed by atoms with Gasteiger partial charge in [0.15, 0.2) is 0 Å². The van der Waals surface area contributed by atoms with Crippen molar-refractivity contribution < 1.29 is 4.92 Å². The summed E-state index contributed by atoms with van der Waals surface area (Å²) in [6.07, 6.45) is 3.85. The lowest BCUT2D eigenvalue weighted by Gasteiger charge is -2.15. The maximum atomic E-state index is 11.0. The van der Waals surface area contributed by atoms with Crippen LogP contribution < -0.4 is 5.32 Å². The van der Waals surface area contributed by atoms with Gasteiger partial charge < -0.3 is 10.2 Å². The van der Waals surface area contributed by atoms with Crippen LogP contribution in [-0.4, -0.2) is 40.5 Å². The van der Waals surface area contributed by atoms with Crippen LogP contribution in [0.5, 0.6) is 0 Å². The molecule has 0 spiro atoms. The van der Waals surface area contributed by atoms with Crippen molar-refractivity contribution in [2.75, 3.05) is 25.0 Å². The van der Waals surface area contributed by atoms with Crippen LogP contribution >= 0.6 is 0 Å². The summed E-state index contributed by atoms with van der Waals surface area (Å²) >= 11 is 0. The number of likely N-dealkylation sites (tertiary alicyclic amines) is 1. The molecule has 0 amide bonds. The lowest BCUT2D eigenvalue weighted by atomic mass is 10.1. The highest BCUT2D eigenvalue weighted by Gasteiger charge is 2.34. The number of aryl methyl sites for hydroxylation is 1. The Balaban J connectivity index is 1.60. The van der Waals surface area contributed by atoms with Crippen LogP contribution in [0.3, 0.4) is 0 Å². The Kier molecular flexibility index (Phi) is 3.56. The summed E-state index contributed by atoms with van der Waals surface area (Å²) < 4.78 is 0. The highest BCUT2D eigenvalue weighted by molar-refractivity contribution is 5.56. The normalized spacial score (nSPS) is 22.9. The van der Waals surface area contributed by atoms with E-state index in [-0.39, 0.29) is 10.6 Å². The molecule has 0 aromatic carbocycles. The van der Waals surface area contributed by atoms with E-state index in [4.69, 9.17) is 0 Å². The van der Waals surface area contributed by atoms with Crippen LogP contribution in [0.2, 0.25) is 0 Å². The van der Waals surface area contributed by atoms with Gasteiger partial charge in [0.2, 0.25) is 5.82 Å². The first-order chi connectivity index (χ1) is 9.63. The van der Waals surface area contributed by atoms with Gasteiger partial charge in [0.1, 0.15) is 0 Å². The van der Waals surface area contributed by atoms with Gasteiger partial charge in [0.05, 0.1) is 4.92 Å². The number of nitro groups is 1. The van der Waals surface area contributed by atoms with Crippen molar-refractivity contribution in [2.45, 2.75) is 32.2 Å². The van der Waals surface area contributed by atoms with Gasteiger partial charge in [0.25, 0.3) is 0 Å². The van der Waals surface area contributed by atoms with Crippen LogP contribution in [0.15, 0.2) is 12.1 Å². The molecule has 1 aliphatic carbocycles. The molecule has 1 atom stereocenters. The third-order valence-corrected chi connectivity index (χ3v) is 4.15. The Morgan fingerprint density at radius 3 is 2.95 bits per heavy atom. The summed E-state index contributed by atoms with van der Waals surface area (Å²) in [7, 11) is 0. The van der Waals surface area contributed by atoms with E-state index < -0.39 is 0 Å². The molecular formula is C14H20N4O2. The van der Waals surface area contributed by atoms with Gasteiger partial charge in [-0.2, -0.15) is 0 Å². The first-order valence-corrected chi connectivity index (χ1v) is 7.23. The van der Waals surface area contributed by atoms with Gasteiger partial charge in [-0.3, -0.25) is 10.1 Å². The predicted molar refractivity (Wildman–Crippen MR) is 76.8 cm³/mol. The Morgan fingerprint density at radius 2 is 2.25 bits per heavy atom. The second-order valence-electron chi connectivity index (χ2n) is 5.84. The molecule has 1 saturated carbocycles. The van der Waals surface area contributed by atoms with Gasteiger partial charge >= 0.3 is 5.69 Å². The van der Waals surface area contributed by atoms with Crippen LogP contribution in [0, 0.1) is 23.0 Å². The molecule has 2 heterocycles. The zero-order valence-corrected chi connectivity index (χ0v) is 11.7. The zero-order chi connectivity index (χ0) is 14.1. The van der Waals surface area contributed by atoms with E-state index in [9.17, 15) is 10.1 Å². The van der Waals surface area contributed by atoms with E-state index in [1.807, 2.05) is 6.92 Å². The minimum absolute atomic E-state index is 0.0626. The molecule has 20 heavy (non-hydrogen) atoms. The predicted octanol–water partition coefficient (Wildman–Crippen LogP) is 2.19. The molecule has 1 unspecified atom stereocenters. The molecule has 2 fully saturated rings. The number of hydrogen-bond donors (Lipinski definition) is 1. The number of rotatable bonds is 5. The second kappa shape index (κ2) is 5.36. The molecule has 3 rings (SSSR count). The smallest absolute Gasteiger partial charge is 0.311 e. The molecule has 1 aromatic heterocycles. The third-order valence-electron chi connectivity index (χ3n) is 4.15. The van der Waals surface area contributed by atoms with E-state index in [1.54, 1.807) is 6.07 Å². The Labute approximate surface area is 118 Å². The Bertz CT molecular complexity index is 516. The molecule has 1 aromatic rings.